The average Bonchev–Trinajstić information content (AvgIpc) is 2.90. The van der Waals surface area contributed by atoms with Crippen LogP contribution in [-0.2, 0) is 20.7 Å². The molecule has 0 saturated heterocycles. The monoisotopic (exact) mass is 563 g/mol. The molecule has 6 N–H and O–H groups in total. The first-order chi connectivity index (χ1) is 18.8. The van der Waals surface area contributed by atoms with E-state index in [9.17, 15) is 15.1 Å². The molecular formula is C30H53N5O5. The molecule has 1 rings (SSSR count). The number of benzene rings is 1. The molecule has 0 radical (unpaired) electrons. The Balaban J connectivity index is 2.96. The second-order valence-corrected chi connectivity index (χ2v) is 12.1. The summed E-state index contributed by atoms with van der Waals surface area (Å²) in [6.07, 6.45) is 2.54. The van der Waals surface area contributed by atoms with Crippen molar-refractivity contribution in [3.63, 3.8) is 0 Å². The minimum Gasteiger partial charge on any atom is -0.508 e. The molecule has 2 amide bonds. The number of ether oxygens (including phenoxy) is 3. The van der Waals surface area contributed by atoms with Gasteiger partial charge in [0.1, 0.15) is 0 Å². The van der Waals surface area contributed by atoms with E-state index in [1.807, 2.05) is 32.0 Å². The van der Waals surface area contributed by atoms with Gasteiger partial charge in [0.15, 0.2) is 17.5 Å². The summed E-state index contributed by atoms with van der Waals surface area (Å²) in [5.41, 5.74) is 22.4. The van der Waals surface area contributed by atoms with Crippen molar-refractivity contribution in [2.45, 2.75) is 79.3 Å². The molecule has 0 spiro atoms. The van der Waals surface area contributed by atoms with Gasteiger partial charge in [0.05, 0.1) is 25.2 Å². The molecule has 0 aromatic heterocycles. The van der Waals surface area contributed by atoms with Crippen LogP contribution in [-0.4, -0.2) is 57.9 Å². The number of carbonyl (C=O) groups is 2. The maximum Gasteiger partial charge on any atom is 0.224 e. The molecule has 0 aliphatic heterocycles. The zero-order chi connectivity index (χ0) is 30.5. The highest BCUT2D eigenvalue weighted by molar-refractivity contribution is 5.83. The Morgan fingerprint density at radius 2 is 1.73 bits per heavy atom. The van der Waals surface area contributed by atoms with Gasteiger partial charge in [-0.3, -0.25) is 9.59 Å². The normalized spacial score (nSPS) is 14.9. The summed E-state index contributed by atoms with van der Waals surface area (Å²) in [5.74, 6) is 0.874. The molecule has 0 heterocycles. The van der Waals surface area contributed by atoms with Gasteiger partial charge in [-0.25, -0.2) is 0 Å². The number of rotatable bonds is 20. The second-order valence-electron chi connectivity index (χ2n) is 12.1. The summed E-state index contributed by atoms with van der Waals surface area (Å²) < 4.78 is 16.5. The minimum absolute atomic E-state index is 0.0181. The minimum atomic E-state index is -0.852. The third-order valence-electron chi connectivity index (χ3n) is 7.70. The SMILES string of the molecule is COCCCOc1cc(C[C@@H](C[C@H]([NH+]=[N-])[C@@H](N)C[C@H](C(=O)NCC(C)(C)C(N)=O)C(C)C)C(C)C)ccc1OC. The van der Waals surface area contributed by atoms with Crippen molar-refractivity contribution in [1.29, 1.82) is 0 Å². The number of hydrogen-bond donors (Lipinski definition) is 4. The molecule has 0 fully saturated rings. The van der Waals surface area contributed by atoms with Crippen LogP contribution in [0.2, 0.25) is 0 Å². The maximum absolute atomic E-state index is 13.0. The molecule has 0 unspecified atom stereocenters. The highest BCUT2D eigenvalue weighted by Crippen LogP contribution is 2.31. The van der Waals surface area contributed by atoms with Crippen molar-refractivity contribution in [2.75, 3.05) is 34.0 Å². The zero-order valence-electron chi connectivity index (χ0n) is 25.8. The zero-order valence-corrected chi connectivity index (χ0v) is 25.8. The number of carbonyl (C=O) groups excluding carboxylic acids is 2. The van der Waals surface area contributed by atoms with Crippen LogP contribution in [0.25, 0.3) is 5.53 Å². The lowest BCUT2D eigenvalue weighted by Gasteiger charge is -2.29. The van der Waals surface area contributed by atoms with Gasteiger partial charge in [0.25, 0.3) is 0 Å². The lowest BCUT2D eigenvalue weighted by atomic mass is 9.80. The van der Waals surface area contributed by atoms with E-state index < -0.39 is 23.4 Å². The van der Waals surface area contributed by atoms with Crippen molar-refractivity contribution >= 4 is 11.8 Å². The van der Waals surface area contributed by atoms with Crippen LogP contribution in [0.1, 0.15) is 66.4 Å². The van der Waals surface area contributed by atoms with Crippen LogP contribution in [0.15, 0.2) is 18.2 Å². The van der Waals surface area contributed by atoms with Gasteiger partial charge in [-0.05, 0) is 62.1 Å². The third-order valence-corrected chi connectivity index (χ3v) is 7.70. The van der Waals surface area contributed by atoms with E-state index in [2.05, 4.69) is 24.3 Å². The van der Waals surface area contributed by atoms with Gasteiger partial charge in [-0.2, -0.15) is 0 Å². The Labute approximate surface area is 240 Å². The Hall–Kier alpha value is -2.72. The van der Waals surface area contributed by atoms with E-state index in [-0.39, 0.29) is 30.2 Å². The van der Waals surface area contributed by atoms with Gasteiger partial charge < -0.3 is 41.6 Å². The van der Waals surface area contributed by atoms with Crippen molar-refractivity contribution < 1.29 is 28.9 Å². The quantitative estimate of drug-likeness (QED) is 0.141. The van der Waals surface area contributed by atoms with Crippen molar-refractivity contribution in [1.82, 2.24) is 5.32 Å². The highest BCUT2D eigenvalue weighted by atomic mass is 16.5. The van der Waals surface area contributed by atoms with Crippen LogP contribution < -0.4 is 31.4 Å². The van der Waals surface area contributed by atoms with Crippen LogP contribution >= 0.6 is 0 Å². The number of primary amides is 1. The highest BCUT2D eigenvalue weighted by Gasteiger charge is 2.33. The number of nitrogens with one attached hydrogen (secondary N) is 2. The molecule has 10 heteroatoms. The van der Waals surface area contributed by atoms with E-state index in [1.54, 1.807) is 28.1 Å². The van der Waals surface area contributed by atoms with Crippen LogP contribution in [0, 0.1) is 29.1 Å². The summed E-state index contributed by atoms with van der Waals surface area (Å²) in [6, 6.07) is 5.08. The maximum atomic E-state index is 13.0. The van der Waals surface area contributed by atoms with E-state index >= 15 is 0 Å². The number of nitrogens with zero attached hydrogens (tertiary/aromatic N) is 1. The van der Waals surface area contributed by atoms with Gasteiger partial charge in [-0.15, -0.1) is 0 Å². The molecule has 228 valence electrons. The van der Waals surface area contributed by atoms with Crippen LogP contribution in [0.3, 0.4) is 0 Å². The van der Waals surface area contributed by atoms with Crippen LogP contribution in [0.4, 0.5) is 0 Å². The number of hydrogen-bond acceptors (Lipinski definition) is 6. The summed E-state index contributed by atoms with van der Waals surface area (Å²) in [4.78, 5) is 24.7. The Morgan fingerprint density at radius 3 is 2.25 bits per heavy atom. The van der Waals surface area contributed by atoms with Crippen molar-refractivity contribution in [3.8, 4) is 11.5 Å². The lowest BCUT2D eigenvalue weighted by molar-refractivity contribution is -0.532. The summed E-state index contributed by atoms with van der Waals surface area (Å²) in [7, 11) is 3.29. The molecule has 1 aromatic carbocycles. The third kappa shape index (κ3) is 11.4. The van der Waals surface area contributed by atoms with Gasteiger partial charge in [0, 0.05) is 39.0 Å². The fourth-order valence-electron chi connectivity index (χ4n) is 4.56. The van der Waals surface area contributed by atoms with E-state index in [0.717, 1.165) is 18.4 Å². The van der Waals surface area contributed by atoms with E-state index in [4.69, 9.17) is 25.7 Å². The predicted molar refractivity (Wildman–Crippen MR) is 157 cm³/mol. The smallest absolute Gasteiger partial charge is 0.224 e. The topological polar surface area (TPSA) is 162 Å². The standard InChI is InChI=1S/C30H53N5O5/c1-19(2)22(14-21-10-11-26(39-8)27(15-21)40-13-9-12-38-7)16-25(35-33)24(31)17-23(20(3)4)28(36)34-18-30(5,6)29(32)37/h10-11,15,19-20,22-25,35H,9,12-14,16-18,31H2,1-8H3,(H2,32,37)(H,34,36)/t22-,23-,24-,25-/m0/s1. The Kier molecular flexibility index (Phi) is 15.2. The lowest BCUT2D eigenvalue weighted by Crippen LogP contribution is -2.77. The van der Waals surface area contributed by atoms with Crippen molar-refractivity contribution in [3.05, 3.63) is 29.3 Å². The largest absolute Gasteiger partial charge is 0.508 e. The Morgan fingerprint density at radius 1 is 1.05 bits per heavy atom. The van der Waals surface area contributed by atoms with Gasteiger partial charge in [0.2, 0.25) is 11.8 Å². The first-order valence-corrected chi connectivity index (χ1v) is 14.3. The molecule has 0 aliphatic carbocycles. The molecular weight excluding hydrogens is 510 g/mol. The summed E-state index contributed by atoms with van der Waals surface area (Å²) in [5, 5.41) is 5.29. The molecule has 0 bridgehead atoms. The Bertz CT molecular complexity index is 937. The fraction of sp³-hybridized carbons (Fsp3) is 0.733. The molecule has 0 aliphatic rings. The average molecular weight is 564 g/mol. The van der Waals surface area contributed by atoms with E-state index in [0.29, 0.717) is 43.5 Å². The predicted octanol–water partition coefficient (Wildman–Crippen LogP) is 2.40. The molecule has 4 atom stereocenters. The van der Waals surface area contributed by atoms with Crippen molar-refractivity contribution in [2.24, 2.45) is 40.6 Å². The van der Waals surface area contributed by atoms with Crippen LogP contribution in [0.5, 0.6) is 11.5 Å². The van der Waals surface area contributed by atoms with Gasteiger partial charge >= 0.3 is 0 Å². The molecule has 10 nitrogen and oxygen atoms in total. The van der Waals surface area contributed by atoms with E-state index in [1.165, 1.54) is 0 Å². The summed E-state index contributed by atoms with van der Waals surface area (Å²) >= 11 is 0. The number of nitrogens with two attached hydrogens (primary N) is 2. The molecule has 0 saturated carbocycles. The molecule has 40 heavy (non-hydrogen) atoms. The molecule has 1 aromatic rings. The summed E-state index contributed by atoms with van der Waals surface area (Å²) in [6.45, 7) is 12.9. The fourth-order valence-corrected chi connectivity index (χ4v) is 4.56. The first kappa shape index (κ1) is 35.3. The second kappa shape index (κ2) is 17.2. The number of methoxy groups -OCH3 is 2. The number of amides is 2. The van der Waals surface area contributed by atoms with Gasteiger partial charge in [-0.1, -0.05) is 33.8 Å². The first-order valence-electron chi connectivity index (χ1n) is 14.3.